The molecule has 28 heavy (non-hydrogen) atoms. The SMILES string of the molecule is CCCC[C@](NCC(C)(C)C)(C(=O)N(C)C)c1ccc(C#N)c(C(F)(F)F)c1. The molecule has 0 fully saturated rings. The summed E-state index contributed by atoms with van der Waals surface area (Å²) >= 11 is 0. The Morgan fingerprint density at radius 2 is 1.82 bits per heavy atom. The van der Waals surface area contributed by atoms with Gasteiger partial charge in [0.2, 0.25) is 5.91 Å². The van der Waals surface area contributed by atoms with Crippen molar-refractivity contribution in [3.63, 3.8) is 0 Å². The molecule has 1 amide bonds. The first-order chi connectivity index (χ1) is 12.8. The number of unbranched alkanes of at least 4 members (excludes halogenated alkanes) is 1. The van der Waals surface area contributed by atoms with E-state index in [2.05, 4.69) is 5.32 Å². The topological polar surface area (TPSA) is 56.1 Å². The average molecular weight is 397 g/mol. The lowest BCUT2D eigenvalue weighted by Crippen LogP contribution is -2.55. The van der Waals surface area contributed by atoms with Gasteiger partial charge in [-0.3, -0.25) is 10.1 Å². The van der Waals surface area contributed by atoms with Crippen LogP contribution in [0.1, 0.15) is 63.6 Å². The first-order valence-corrected chi connectivity index (χ1v) is 9.37. The van der Waals surface area contributed by atoms with Crippen LogP contribution in [0.2, 0.25) is 0 Å². The predicted octanol–water partition coefficient (Wildman–Crippen LogP) is 4.69. The standard InChI is InChI=1S/C21H30F3N3O/c1-7-8-11-20(18(28)27(5)6,26-14-19(2,3)4)16-10-9-15(13-25)17(12-16)21(22,23)24/h9-10,12,26H,7-8,11,14H2,1-6H3/t20-/m1/s1. The molecule has 1 aromatic rings. The van der Waals surface area contributed by atoms with Crippen LogP contribution in [0.4, 0.5) is 13.2 Å². The van der Waals surface area contributed by atoms with Gasteiger partial charge in [-0.1, -0.05) is 46.6 Å². The predicted molar refractivity (Wildman–Crippen MR) is 104 cm³/mol. The molecule has 7 heteroatoms. The Labute approximate surface area is 165 Å². The minimum absolute atomic E-state index is 0.177. The molecule has 0 aliphatic heterocycles. The summed E-state index contributed by atoms with van der Waals surface area (Å²) in [4.78, 5) is 14.6. The average Bonchev–Trinajstić information content (AvgIpc) is 2.59. The molecule has 0 aliphatic carbocycles. The number of hydrogen-bond acceptors (Lipinski definition) is 3. The van der Waals surface area contributed by atoms with Crippen LogP contribution in [0.25, 0.3) is 0 Å². The number of nitrogens with one attached hydrogen (secondary N) is 1. The summed E-state index contributed by atoms with van der Waals surface area (Å²) in [6.45, 7) is 8.38. The van der Waals surface area contributed by atoms with E-state index in [1.807, 2.05) is 27.7 Å². The van der Waals surface area contributed by atoms with E-state index in [0.29, 0.717) is 19.4 Å². The Morgan fingerprint density at radius 3 is 2.25 bits per heavy atom. The van der Waals surface area contributed by atoms with Crippen LogP contribution in [-0.4, -0.2) is 31.4 Å². The van der Waals surface area contributed by atoms with Crippen molar-refractivity contribution >= 4 is 5.91 Å². The second-order valence-electron chi connectivity index (χ2n) is 8.49. The van der Waals surface area contributed by atoms with Crippen molar-refractivity contribution in [3.8, 4) is 6.07 Å². The summed E-state index contributed by atoms with van der Waals surface area (Å²) in [5, 5.41) is 12.4. The molecule has 1 atom stereocenters. The van der Waals surface area contributed by atoms with E-state index in [0.717, 1.165) is 18.6 Å². The third-order valence-electron chi connectivity index (χ3n) is 4.54. The lowest BCUT2D eigenvalue weighted by molar-refractivity contribution is -0.139. The van der Waals surface area contributed by atoms with Gasteiger partial charge >= 0.3 is 6.18 Å². The molecule has 0 saturated carbocycles. The van der Waals surface area contributed by atoms with Crippen molar-refractivity contribution in [3.05, 3.63) is 34.9 Å². The van der Waals surface area contributed by atoms with E-state index >= 15 is 0 Å². The van der Waals surface area contributed by atoms with Crippen LogP contribution < -0.4 is 5.32 Å². The van der Waals surface area contributed by atoms with Gasteiger partial charge in [-0.15, -0.1) is 0 Å². The molecule has 156 valence electrons. The Morgan fingerprint density at radius 1 is 1.21 bits per heavy atom. The van der Waals surface area contributed by atoms with Gasteiger partial charge in [-0.2, -0.15) is 18.4 Å². The van der Waals surface area contributed by atoms with Crippen molar-refractivity contribution in [1.82, 2.24) is 10.2 Å². The Kier molecular flexibility index (Phi) is 7.66. The fourth-order valence-corrected chi connectivity index (χ4v) is 3.02. The number of nitriles is 1. The third kappa shape index (κ3) is 5.71. The molecule has 1 aromatic carbocycles. The number of rotatable bonds is 7. The molecule has 0 heterocycles. The Balaban J connectivity index is 3.69. The largest absolute Gasteiger partial charge is 0.417 e. The summed E-state index contributed by atoms with van der Waals surface area (Å²) in [5.74, 6) is -0.303. The van der Waals surface area contributed by atoms with E-state index in [9.17, 15) is 18.0 Å². The molecular weight excluding hydrogens is 367 g/mol. The van der Waals surface area contributed by atoms with Crippen LogP contribution in [0.5, 0.6) is 0 Å². The normalized spacial score (nSPS) is 14.3. The highest BCUT2D eigenvalue weighted by atomic mass is 19.4. The molecule has 1 N–H and O–H groups in total. The lowest BCUT2D eigenvalue weighted by atomic mass is 9.81. The van der Waals surface area contributed by atoms with Crippen molar-refractivity contribution in [2.75, 3.05) is 20.6 Å². The van der Waals surface area contributed by atoms with Crippen LogP contribution in [0, 0.1) is 16.7 Å². The molecule has 1 rings (SSSR count). The van der Waals surface area contributed by atoms with Crippen molar-refractivity contribution < 1.29 is 18.0 Å². The summed E-state index contributed by atoms with van der Waals surface area (Å²) in [6.07, 6.45) is -2.86. The number of likely N-dealkylation sites (N-methyl/N-ethyl adjacent to an activating group) is 1. The van der Waals surface area contributed by atoms with Crippen LogP contribution >= 0.6 is 0 Å². The van der Waals surface area contributed by atoms with Gasteiger partial charge in [0, 0.05) is 20.6 Å². The van der Waals surface area contributed by atoms with E-state index < -0.39 is 22.8 Å². The highest BCUT2D eigenvalue weighted by Gasteiger charge is 2.43. The number of amides is 1. The second kappa shape index (κ2) is 8.95. The summed E-state index contributed by atoms with van der Waals surface area (Å²) in [5.41, 5.74) is -2.70. The number of carbonyl (C=O) groups excluding carboxylic acids is 1. The third-order valence-corrected chi connectivity index (χ3v) is 4.54. The zero-order valence-corrected chi connectivity index (χ0v) is 17.5. The van der Waals surface area contributed by atoms with Crippen LogP contribution in [0.3, 0.4) is 0 Å². The number of carbonyl (C=O) groups is 1. The van der Waals surface area contributed by atoms with Gasteiger partial charge in [0.25, 0.3) is 0 Å². The molecule has 4 nitrogen and oxygen atoms in total. The number of benzene rings is 1. The molecule has 0 saturated heterocycles. The molecule has 0 aliphatic rings. The first kappa shape index (κ1) is 24.0. The van der Waals surface area contributed by atoms with E-state index in [1.165, 1.54) is 11.0 Å². The summed E-state index contributed by atoms with van der Waals surface area (Å²) in [7, 11) is 3.19. The monoisotopic (exact) mass is 397 g/mol. The number of alkyl halides is 3. The molecule has 0 aromatic heterocycles. The van der Waals surface area contributed by atoms with E-state index in [1.54, 1.807) is 20.2 Å². The first-order valence-electron chi connectivity index (χ1n) is 9.37. The quantitative estimate of drug-likeness (QED) is 0.726. The van der Waals surface area contributed by atoms with Crippen LogP contribution in [0.15, 0.2) is 18.2 Å². The minimum atomic E-state index is -4.68. The van der Waals surface area contributed by atoms with Gasteiger partial charge in [-0.25, -0.2) is 0 Å². The van der Waals surface area contributed by atoms with Crippen molar-refractivity contribution in [2.45, 2.75) is 58.7 Å². The smallest absolute Gasteiger partial charge is 0.347 e. The number of hydrogen-bond donors (Lipinski definition) is 1. The highest BCUT2D eigenvalue weighted by molar-refractivity contribution is 5.87. The Bertz CT molecular complexity index is 730. The summed E-state index contributed by atoms with van der Waals surface area (Å²) < 4.78 is 40.6. The van der Waals surface area contributed by atoms with Gasteiger partial charge in [0.05, 0.1) is 17.2 Å². The maximum absolute atomic E-state index is 13.5. The zero-order valence-electron chi connectivity index (χ0n) is 17.5. The minimum Gasteiger partial charge on any atom is -0.347 e. The number of nitrogens with zero attached hydrogens (tertiary/aromatic N) is 2. The van der Waals surface area contributed by atoms with Gasteiger partial charge in [0.1, 0.15) is 5.54 Å². The molecule has 0 radical (unpaired) electrons. The fourth-order valence-electron chi connectivity index (χ4n) is 3.02. The lowest BCUT2D eigenvalue weighted by Gasteiger charge is -2.39. The Hall–Kier alpha value is -2.07. The second-order valence-corrected chi connectivity index (χ2v) is 8.49. The highest BCUT2D eigenvalue weighted by Crippen LogP contribution is 2.37. The van der Waals surface area contributed by atoms with Crippen molar-refractivity contribution in [2.24, 2.45) is 5.41 Å². The number of halogens is 3. The maximum atomic E-state index is 13.5. The zero-order chi connectivity index (χ0) is 21.8. The van der Waals surface area contributed by atoms with E-state index in [-0.39, 0.29) is 16.9 Å². The molecule has 0 bridgehead atoms. The fraction of sp³-hybridized carbons (Fsp3) is 0.619. The van der Waals surface area contributed by atoms with Gasteiger partial charge < -0.3 is 4.90 Å². The maximum Gasteiger partial charge on any atom is 0.417 e. The molecule has 0 unspecified atom stereocenters. The van der Waals surface area contributed by atoms with Gasteiger partial charge in [-0.05, 0) is 29.5 Å². The van der Waals surface area contributed by atoms with Crippen LogP contribution in [-0.2, 0) is 16.5 Å². The van der Waals surface area contributed by atoms with Crippen molar-refractivity contribution in [1.29, 1.82) is 5.26 Å². The molecular formula is C21H30F3N3O. The van der Waals surface area contributed by atoms with Gasteiger partial charge in [0.15, 0.2) is 0 Å². The molecule has 0 spiro atoms. The van der Waals surface area contributed by atoms with E-state index in [4.69, 9.17) is 5.26 Å². The summed E-state index contributed by atoms with van der Waals surface area (Å²) in [6, 6.07) is 5.16.